The van der Waals surface area contributed by atoms with Gasteiger partial charge in [-0.25, -0.2) is 9.97 Å². The Morgan fingerprint density at radius 3 is 2.47 bits per heavy atom. The number of nitrogens with one attached hydrogen (secondary N) is 1. The van der Waals surface area contributed by atoms with Crippen molar-refractivity contribution in [3.63, 3.8) is 0 Å². The molecule has 98 valence electrons. The summed E-state index contributed by atoms with van der Waals surface area (Å²) in [5.41, 5.74) is 4.96. The van der Waals surface area contributed by atoms with Crippen LogP contribution in [0.25, 0.3) is 0 Å². The van der Waals surface area contributed by atoms with Gasteiger partial charge in [0.15, 0.2) is 0 Å². The van der Waals surface area contributed by atoms with E-state index in [0.29, 0.717) is 0 Å². The predicted molar refractivity (Wildman–Crippen MR) is 75.9 cm³/mol. The van der Waals surface area contributed by atoms with Gasteiger partial charge in [-0.3, -0.25) is 0 Å². The van der Waals surface area contributed by atoms with Crippen LogP contribution in [0.15, 0.2) is 30.5 Å². The molecular weight excluding hydrogens is 236 g/mol. The molecule has 2 heterocycles. The van der Waals surface area contributed by atoms with Crippen molar-refractivity contribution in [3.05, 3.63) is 52.8 Å². The largest absolute Gasteiger partial charge is 0.332 e. The van der Waals surface area contributed by atoms with E-state index in [4.69, 9.17) is 0 Å². The lowest BCUT2D eigenvalue weighted by atomic mass is 10.1. The van der Waals surface area contributed by atoms with Crippen LogP contribution in [0, 0.1) is 6.92 Å². The van der Waals surface area contributed by atoms with E-state index < -0.39 is 0 Å². The van der Waals surface area contributed by atoms with Crippen LogP contribution >= 0.6 is 0 Å². The van der Waals surface area contributed by atoms with Crippen LogP contribution in [-0.4, -0.2) is 17.0 Å². The molecule has 4 heteroatoms. The summed E-state index contributed by atoms with van der Waals surface area (Å²) in [5, 5.41) is 3.13. The van der Waals surface area contributed by atoms with Crippen molar-refractivity contribution in [2.75, 3.05) is 11.9 Å². The Labute approximate surface area is 113 Å². The maximum absolute atomic E-state index is 4.63. The minimum atomic E-state index is 0.812. The van der Waals surface area contributed by atoms with E-state index in [1.807, 2.05) is 20.2 Å². The van der Waals surface area contributed by atoms with Crippen molar-refractivity contribution >= 4 is 5.95 Å². The Morgan fingerprint density at radius 2 is 1.89 bits per heavy atom. The van der Waals surface area contributed by atoms with Gasteiger partial charge in [-0.2, -0.15) is 0 Å². The number of aromatic nitrogens is 2. The Morgan fingerprint density at radius 1 is 1.21 bits per heavy atom. The average molecular weight is 254 g/mol. The number of hydrogen-bond donors (Lipinski definition) is 1. The van der Waals surface area contributed by atoms with Crippen LogP contribution in [0.4, 0.5) is 5.95 Å². The number of benzene rings is 1. The molecule has 3 rings (SSSR count). The van der Waals surface area contributed by atoms with Crippen LogP contribution < -0.4 is 10.2 Å². The lowest BCUT2D eigenvalue weighted by Crippen LogP contribution is -2.19. The van der Waals surface area contributed by atoms with Gasteiger partial charge in [0.05, 0.1) is 0 Å². The molecule has 1 aromatic heterocycles. The van der Waals surface area contributed by atoms with E-state index in [-0.39, 0.29) is 0 Å². The van der Waals surface area contributed by atoms with Gasteiger partial charge in [0, 0.05) is 37.1 Å². The van der Waals surface area contributed by atoms with Crippen LogP contribution in [0.1, 0.15) is 22.4 Å². The molecular formula is C15H18N4. The summed E-state index contributed by atoms with van der Waals surface area (Å²) in [4.78, 5) is 11.4. The summed E-state index contributed by atoms with van der Waals surface area (Å²) < 4.78 is 0. The lowest BCUT2D eigenvalue weighted by Gasteiger charge is -2.16. The summed E-state index contributed by atoms with van der Waals surface area (Å²) in [6.07, 6.45) is 1.93. The third-order valence-corrected chi connectivity index (χ3v) is 3.56. The maximum Gasteiger partial charge on any atom is 0.226 e. The third-order valence-electron chi connectivity index (χ3n) is 3.56. The average Bonchev–Trinajstić information content (AvgIpc) is 2.85. The highest BCUT2D eigenvalue weighted by Crippen LogP contribution is 2.25. The van der Waals surface area contributed by atoms with Gasteiger partial charge in [0.25, 0.3) is 0 Å². The van der Waals surface area contributed by atoms with Crippen molar-refractivity contribution in [1.29, 1.82) is 0 Å². The molecule has 0 spiro atoms. The van der Waals surface area contributed by atoms with Gasteiger partial charge in [-0.1, -0.05) is 24.3 Å². The number of anilines is 1. The molecule has 19 heavy (non-hydrogen) atoms. The van der Waals surface area contributed by atoms with Crippen LogP contribution in [0.3, 0.4) is 0 Å². The van der Waals surface area contributed by atoms with Crippen LogP contribution in [0.5, 0.6) is 0 Å². The summed E-state index contributed by atoms with van der Waals surface area (Å²) in [6.45, 7) is 4.66. The molecule has 0 unspecified atom stereocenters. The molecule has 0 atom stereocenters. The first-order valence-corrected chi connectivity index (χ1v) is 6.57. The smallest absolute Gasteiger partial charge is 0.226 e. The number of hydrogen-bond acceptors (Lipinski definition) is 4. The molecule has 0 amide bonds. The number of rotatable bonds is 3. The highest BCUT2D eigenvalue weighted by molar-refractivity contribution is 5.43. The summed E-state index contributed by atoms with van der Waals surface area (Å²) in [7, 11) is 1.93. The monoisotopic (exact) mass is 254 g/mol. The highest BCUT2D eigenvalue weighted by Gasteiger charge is 2.20. The van der Waals surface area contributed by atoms with Gasteiger partial charge in [0.2, 0.25) is 5.95 Å². The minimum absolute atomic E-state index is 0.812. The van der Waals surface area contributed by atoms with Gasteiger partial charge in [-0.05, 0) is 25.1 Å². The van der Waals surface area contributed by atoms with Crippen molar-refractivity contribution in [3.8, 4) is 0 Å². The minimum Gasteiger partial charge on any atom is -0.332 e. The normalized spacial score (nSPS) is 13.7. The molecule has 0 saturated heterocycles. The Hall–Kier alpha value is -1.94. The second kappa shape index (κ2) is 4.97. The predicted octanol–water partition coefficient (Wildman–Crippen LogP) is 2.02. The van der Waals surface area contributed by atoms with Gasteiger partial charge in [0.1, 0.15) is 0 Å². The molecule has 1 aliphatic rings. The topological polar surface area (TPSA) is 41.1 Å². The second-order valence-electron chi connectivity index (χ2n) is 4.94. The van der Waals surface area contributed by atoms with Crippen molar-refractivity contribution in [1.82, 2.24) is 15.3 Å². The highest BCUT2D eigenvalue weighted by atomic mass is 15.3. The molecule has 1 aliphatic heterocycles. The van der Waals surface area contributed by atoms with Gasteiger partial charge in [-0.15, -0.1) is 0 Å². The molecule has 1 aromatic carbocycles. The van der Waals surface area contributed by atoms with Crippen LogP contribution in [-0.2, 0) is 19.6 Å². The van der Waals surface area contributed by atoms with E-state index in [1.54, 1.807) is 0 Å². The van der Waals surface area contributed by atoms with E-state index in [2.05, 4.69) is 44.5 Å². The molecule has 0 fully saturated rings. The number of nitrogens with zero attached hydrogens (tertiary/aromatic N) is 3. The van der Waals surface area contributed by atoms with Crippen molar-refractivity contribution in [2.45, 2.75) is 26.6 Å². The maximum atomic E-state index is 4.63. The summed E-state index contributed by atoms with van der Waals surface area (Å²) in [5.74, 6) is 0.827. The molecule has 0 saturated carbocycles. The van der Waals surface area contributed by atoms with Gasteiger partial charge < -0.3 is 10.2 Å². The standard InChI is InChI=1S/C15H18N4/c1-11-14(7-16-2)8-17-15(18-11)19-9-12-5-3-4-6-13(12)10-19/h3-6,8,16H,7,9-10H2,1-2H3. The first-order chi connectivity index (χ1) is 9.28. The Bertz CT molecular complexity index is 569. The third kappa shape index (κ3) is 2.31. The molecule has 1 N–H and O–H groups in total. The van der Waals surface area contributed by atoms with Crippen LogP contribution in [0.2, 0.25) is 0 Å². The zero-order chi connectivity index (χ0) is 13.2. The summed E-state index contributed by atoms with van der Waals surface area (Å²) >= 11 is 0. The van der Waals surface area contributed by atoms with Gasteiger partial charge >= 0.3 is 0 Å². The molecule has 2 aromatic rings. The zero-order valence-electron chi connectivity index (χ0n) is 11.3. The first-order valence-electron chi connectivity index (χ1n) is 6.57. The molecule has 0 radical (unpaired) electrons. The molecule has 4 nitrogen and oxygen atoms in total. The van der Waals surface area contributed by atoms with E-state index >= 15 is 0 Å². The quantitative estimate of drug-likeness (QED) is 0.910. The summed E-state index contributed by atoms with van der Waals surface area (Å²) in [6, 6.07) is 8.53. The fraction of sp³-hybridized carbons (Fsp3) is 0.333. The fourth-order valence-corrected chi connectivity index (χ4v) is 2.47. The van der Waals surface area contributed by atoms with Crippen molar-refractivity contribution < 1.29 is 0 Å². The number of fused-ring (bicyclic) bond motifs is 1. The Balaban J connectivity index is 1.83. The van der Waals surface area contributed by atoms with E-state index in [9.17, 15) is 0 Å². The Kier molecular flexibility index (Phi) is 3.17. The molecule has 0 bridgehead atoms. The second-order valence-corrected chi connectivity index (χ2v) is 4.94. The SMILES string of the molecule is CNCc1cnc(N2Cc3ccccc3C2)nc1C. The first kappa shape index (κ1) is 12.1. The molecule has 0 aliphatic carbocycles. The van der Waals surface area contributed by atoms with Crippen molar-refractivity contribution in [2.24, 2.45) is 0 Å². The fourth-order valence-electron chi connectivity index (χ4n) is 2.47. The van der Waals surface area contributed by atoms with E-state index in [1.165, 1.54) is 11.1 Å². The zero-order valence-corrected chi connectivity index (χ0v) is 11.3. The number of aryl methyl sites for hydroxylation is 1. The van der Waals surface area contributed by atoms with E-state index in [0.717, 1.165) is 36.8 Å². The lowest BCUT2D eigenvalue weighted by molar-refractivity contribution is 0.777.